The van der Waals surface area contributed by atoms with Gasteiger partial charge in [0.25, 0.3) is 5.91 Å². The molecule has 0 aliphatic rings. The molecule has 3 rings (SSSR count). The molecule has 0 atom stereocenters. The van der Waals surface area contributed by atoms with Gasteiger partial charge in [-0.1, -0.05) is 23.7 Å². The van der Waals surface area contributed by atoms with Gasteiger partial charge in [-0.2, -0.15) is 0 Å². The van der Waals surface area contributed by atoms with Crippen LogP contribution in [0.15, 0.2) is 54.0 Å². The Balaban J connectivity index is 1.55. The minimum atomic E-state index is -0.131. The lowest BCUT2D eigenvalue weighted by atomic mass is 10.2. The van der Waals surface area contributed by atoms with E-state index in [0.29, 0.717) is 23.6 Å². The fourth-order valence-electron chi connectivity index (χ4n) is 2.07. The summed E-state index contributed by atoms with van der Waals surface area (Å²) >= 11 is 7.46. The molecule has 23 heavy (non-hydrogen) atoms. The molecule has 0 fully saturated rings. The highest BCUT2D eigenvalue weighted by atomic mass is 35.5. The highest BCUT2D eigenvalue weighted by Crippen LogP contribution is 2.19. The monoisotopic (exact) mass is 343 g/mol. The molecule has 0 aliphatic heterocycles. The second-order valence-electron chi connectivity index (χ2n) is 4.86. The highest BCUT2D eigenvalue weighted by Gasteiger charge is 2.08. The van der Waals surface area contributed by atoms with Crippen molar-refractivity contribution in [1.82, 2.24) is 15.3 Å². The predicted octanol–water partition coefficient (Wildman–Crippen LogP) is 3.83. The largest absolute Gasteiger partial charge is 0.352 e. The molecule has 0 radical (unpaired) electrons. The maximum atomic E-state index is 12.0. The van der Waals surface area contributed by atoms with Crippen LogP contribution in [0.4, 0.5) is 0 Å². The van der Waals surface area contributed by atoms with Crippen molar-refractivity contribution in [3.8, 4) is 11.4 Å². The van der Waals surface area contributed by atoms with Crippen LogP contribution < -0.4 is 5.32 Å². The number of pyridine rings is 1. The van der Waals surface area contributed by atoms with Crippen molar-refractivity contribution >= 4 is 28.8 Å². The number of carbonyl (C=O) groups is 1. The number of hydrogen-bond donors (Lipinski definition) is 1. The van der Waals surface area contributed by atoms with Gasteiger partial charge in [-0.15, -0.1) is 11.3 Å². The van der Waals surface area contributed by atoms with Crippen LogP contribution in [0.2, 0.25) is 5.02 Å². The van der Waals surface area contributed by atoms with E-state index >= 15 is 0 Å². The Bertz CT molecular complexity index is 804. The number of carbonyl (C=O) groups excluding carboxylic acids is 1. The third-order valence-corrected chi connectivity index (χ3v) is 4.33. The predicted molar refractivity (Wildman–Crippen MR) is 92.8 cm³/mol. The zero-order chi connectivity index (χ0) is 16.1. The number of benzene rings is 1. The average molecular weight is 344 g/mol. The number of nitrogens with zero attached hydrogens (tertiary/aromatic N) is 2. The SMILES string of the molecule is O=C(NCCc1nc(-c2ccccn2)cs1)c1cccc(Cl)c1. The zero-order valence-corrected chi connectivity index (χ0v) is 13.8. The normalized spacial score (nSPS) is 10.5. The summed E-state index contributed by atoms with van der Waals surface area (Å²) in [6.07, 6.45) is 2.43. The van der Waals surface area contributed by atoms with Gasteiger partial charge in [0, 0.05) is 35.1 Å². The molecule has 1 N–H and O–H groups in total. The molecule has 0 saturated heterocycles. The Hall–Kier alpha value is -2.24. The van der Waals surface area contributed by atoms with Crippen LogP contribution in [0.25, 0.3) is 11.4 Å². The molecule has 116 valence electrons. The van der Waals surface area contributed by atoms with Crippen molar-refractivity contribution in [2.45, 2.75) is 6.42 Å². The summed E-state index contributed by atoms with van der Waals surface area (Å²) in [6.45, 7) is 0.528. The average Bonchev–Trinajstić information content (AvgIpc) is 3.04. The van der Waals surface area contributed by atoms with Gasteiger partial charge in [-0.3, -0.25) is 9.78 Å². The molecule has 0 saturated carbocycles. The summed E-state index contributed by atoms with van der Waals surface area (Å²) in [6, 6.07) is 12.6. The van der Waals surface area contributed by atoms with Gasteiger partial charge in [0.2, 0.25) is 0 Å². The highest BCUT2D eigenvalue weighted by molar-refractivity contribution is 7.09. The van der Waals surface area contributed by atoms with Gasteiger partial charge in [-0.05, 0) is 30.3 Å². The van der Waals surface area contributed by atoms with E-state index in [-0.39, 0.29) is 5.91 Å². The van der Waals surface area contributed by atoms with Crippen molar-refractivity contribution in [2.75, 3.05) is 6.54 Å². The second kappa shape index (κ2) is 7.35. The molecule has 0 aliphatic carbocycles. The minimum Gasteiger partial charge on any atom is -0.352 e. The lowest BCUT2D eigenvalue weighted by Gasteiger charge is -2.04. The summed E-state index contributed by atoms with van der Waals surface area (Å²) in [5.74, 6) is -0.131. The third kappa shape index (κ3) is 4.15. The Kier molecular flexibility index (Phi) is 5.00. The summed E-state index contributed by atoms with van der Waals surface area (Å²) in [5.41, 5.74) is 2.29. The van der Waals surface area contributed by atoms with Gasteiger partial charge in [-0.25, -0.2) is 4.98 Å². The van der Waals surface area contributed by atoms with Gasteiger partial charge >= 0.3 is 0 Å². The van der Waals surface area contributed by atoms with Gasteiger partial charge in [0.15, 0.2) is 0 Å². The first-order chi connectivity index (χ1) is 11.2. The third-order valence-electron chi connectivity index (χ3n) is 3.19. The van der Waals surface area contributed by atoms with Crippen LogP contribution in [0.1, 0.15) is 15.4 Å². The summed E-state index contributed by atoms with van der Waals surface area (Å²) in [7, 11) is 0. The fraction of sp³-hybridized carbons (Fsp3) is 0.118. The fourth-order valence-corrected chi connectivity index (χ4v) is 3.05. The van der Waals surface area contributed by atoms with Crippen LogP contribution >= 0.6 is 22.9 Å². The lowest BCUT2D eigenvalue weighted by molar-refractivity contribution is 0.0954. The Morgan fingerprint density at radius 2 is 2.09 bits per heavy atom. The first-order valence-electron chi connectivity index (χ1n) is 7.12. The van der Waals surface area contributed by atoms with E-state index in [1.165, 1.54) is 0 Å². The van der Waals surface area contributed by atoms with E-state index in [1.54, 1.807) is 41.8 Å². The first kappa shape index (κ1) is 15.6. The van der Waals surface area contributed by atoms with Gasteiger partial charge < -0.3 is 5.32 Å². The summed E-state index contributed by atoms with van der Waals surface area (Å²) in [4.78, 5) is 20.8. The second-order valence-corrected chi connectivity index (χ2v) is 6.24. The van der Waals surface area contributed by atoms with Crippen LogP contribution in [0.3, 0.4) is 0 Å². The van der Waals surface area contributed by atoms with Crippen molar-refractivity contribution in [2.24, 2.45) is 0 Å². The van der Waals surface area contributed by atoms with Crippen LogP contribution in [0, 0.1) is 0 Å². The van der Waals surface area contributed by atoms with Crippen molar-refractivity contribution < 1.29 is 4.79 Å². The Morgan fingerprint density at radius 1 is 1.17 bits per heavy atom. The maximum absolute atomic E-state index is 12.0. The molecular formula is C17H14ClN3OS. The molecule has 1 aromatic carbocycles. The molecule has 3 aromatic rings. The number of aromatic nitrogens is 2. The van der Waals surface area contributed by atoms with E-state index < -0.39 is 0 Å². The molecule has 0 bridgehead atoms. The standard InChI is InChI=1S/C17H14ClN3OS/c18-13-5-3-4-12(10-13)17(22)20-9-7-16-21-15(11-23-16)14-6-1-2-8-19-14/h1-6,8,10-11H,7,9H2,(H,20,22). The number of thiazole rings is 1. The van der Waals surface area contributed by atoms with Crippen molar-refractivity contribution in [3.05, 3.63) is 69.6 Å². The lowest BCUT2D eigenvalue weighted by Crippen LogP contribution is -2.25. The van der Waals surface area contributed by atoms with Crippen LogP contribution in [0.5, 0.6) is 0 Å². The molecule has 0 spiro atoms. The van der Waals surface area contributed by atoms with E-state index in [0.717, 1.165) is 16.4 Å². The summed E-state index contributed by atoms with van der Waals surface area (Å²) < 4.78 is 0. The molecule has 6 heteroatoms. The number of rotatable bonds is 5. The van der Waals surface area contributed by atoms with Crippen LogP contribution in [-0.4, -0.2) is 22.4 Å². The maximum Gasteiger partial charge on any atom is 0.251 e. The topological polar surface area (TPSA) is 54.9 Å². The summed E-state index contributed by atoms with van der Waals surface area (Å²) in [5, 5.41) is 6.38. The van der Waals surface area contributed by atoms with E-state index in [4.69, 9.17) is 11.6 Å². The molecule has 2 heterocycles. The Morgan fingerprint density at radius 3 is 2.87 bits per heavy atom. The first-order valence-corrected chi connectivity index (χ1v) is 8.38. The molecule has 0 unspecified atom stereocenters. The van der Waals surface area contributed by atoms with E-state index in [9.17, 15) is 4.79 Å². The number of amides is 1. The van der Waals surface area contributed by atoms with E-state index in [1.807, 2.05) is 23.6 Å². The number of hydrogen-bond acceptors (Lipinski definition) is 4. The van der Waals surface area contributed by atoms with Crippen molar-refractivity contribution in [1.29, 1.82) is 0 Å². The number of nitrogens with one attached hydrogen (secondary N) is 1. The molecular weight excluding hydrogens is 330 g/mol. The smallest absolute Gasteiger partial charge is 0.251 e. The minimum absolute atomic E-state index is 0.131. The van der Waals surface area contributed by atoms with Crippen molar-refractivity contribution in [3.63, 3.8) is 0 Å². The van der Waals surface area contributed by atoms with E-state index in [2.05, 4.69) is 15.3 Å². The molecule has 1 amide bonds. The quantitative estimate of drug-likeness (QED) is 0.766. The molecule has 2 aromatic heterocycles. The van der Waals surface area contributed by atoms with Crippen LogP contribution in [-0.2, 0) is 6.42 Å². The number of halogens is 1. The molecule has 4 nitrogen and oxygen atoms in total. The Labute approximate surface area is 143 Å². The van der Waals surface area contributed by atoms with Gasteiger partial charge in [0.05, 0.1) is 16.4 Å². The zero-order valence-electron chi connectivity index (χ0n) is 12.2. The van der Waals surface area contributed by atoms with Gasteiger partial charge in [0.1, 0.15) is 0 Å².